The first-order chi connectivity index (χ1) is 13.1. The Labute approximate surface area is 170 Å². The van der Waals surface area contributed by atoms with Crippen LogP contribution in [0.2, 0.25) is 0 Å². The molecule has 8 atom stereocenters. The molecule has 6 N–H and O–H groups in total. The number of ether oxygens (including phenoxy) is 2. The van der Waals surface area contributed by atoms with Crippen LogP contribution in [0.3, 0.4) is 0 Å². The number of carbonyl (C=O) groups excluding carboxylic acids is 1. The van der Waals surface area contributed by atoms with E-state index in [9.17, 15) is 35.4 Å². The van der Waals surface area contributed by atoms with Gasteiger partial charge in [-0.2, -0.15) is 0 Å². The van der Waals surface area contributed by atoms with E-state index in [1.54, 1.807) is 27.7 Å². The van der Waals surface area contributed by atoms with Gasteiger partial charge in [-0.3, -0.25) is 4.79 Å². The van der Waals surface area contributed by atoms with Gasteiger partial charge < -0.3 is 40.1 Å². The van der Waals surface area contributed by atoms with Crippen LogP contribution in [0.1, 0.15) is 41.5 Å². The molecule has 1 aliphatic heterocycles. The maximum Gasteiger partial charge on any atom is 0.187 e. The summed E-state index contributed by atoms with van der Waals surface area (Å²) in [5.74, 6) is -0.660. The first-order valence-electron chi connectivity index (χ1n) is 9.69. The van der Waals surface area contributed by atoms with E-state index in [0.717, 1.165) is 0 Å². The Bertz CT molecular complexity index is 652. The molecule has 9 nitrogen and oxygen atoms in total. The van der Waals surface area contributed by atoms with Crippen LogP contribution in [-0.4, -0.2) is 91.5 Å². The molecule has 29 heavy (non-hydrogen) atoms. The summed E-state index contributed by atoms with van der Waals surface area (Å²) in [7, 11) is 0. The lowest BCUT2D eigenvalue weighted by atomic mass is 9.55. The van der Waals surface area contributed by atoms with Gasteiger partial charge in [0.1, 0.15) is 30.5 Å². The van der Waals surface area contributed by atoms with Crippen molar-refractivity contribution in [1.29, 1.82) is 0 Å². The molecule has 1 saturated carbocycles. The first-order valence-corrected chi connectivity index (χ1v) is 9.69. The van der Waals surface area contributed by atoms with Crippen molar-refractivity contribution in [3.63, 3.8) is 0 Å². The number of aliphatic hydroxyl groups excluding tert-OH is 5. The summed E-state index contributed by atoms with van der Waals surface area (Å²) in [6.45, 7) is 9.05. The highest BCUT2D eigenvalue weighted by Crippen LogP contribution is 2.51. The fraction of sp³-hybridized carbons (Fsp3) is 0.850. The molecule has 0 radical (unpaired) electrons. The maximum absolute atomic E-state index is 13.2. The third-order valence-corrected chi connectivity index (χ3v) is 6.04. The fourth-order valence-electron chi connectivity index (χ4n) is 4.57. The van der Waals surface area contributed by atoms with Gasteiger partial charge in [-0.05, 0) is 19.9 Å². The molecule has 0 bridgehead atoms. The molecule has 2 aliphatic rings. The second-order valence-electron chi connectivity index (χ2n) is 9.54. The van der Waals surface area contributed by atoms with Crippen LogP contribution < -0.4 is 0 Å². The smallest absolute Gasteiger partial charge is 0.187 e. The Morgan fingerprint density at radius 3 is 2.10 bits per heavy atom. The molecular formula is C20H34O9. The van der Waals surface area contributed by atoms with Crippen LogP contribution >= 0.6 is 0 Å². The second-order valence-corrected chi connectivity index (χ2v) is 9.54. The number of hydrogen-bond donors (Lipinski definition) is 6. The van der Waals surface area contributed by atoms with Crippen molar-refractivity contribution in [3.8, 4) is 0 Å². The minimum atomic E-state index is -2.15. The topological polar surface area (TPSA) is 157 Å². The van der Waals surface area contributed by atoms with Crippen LogP contribution in [-0.2, 0) is 14.3 Å². The number of rotatable bonds is 4. The van der Waals surface area contributed by atoms with Crippen molar-refractivity contribution < 1.29 is 44.9 Å². The molecule has 1 aliphatic carbocycles. The Hall–Kier alpha value is -0.910. The zero-order valence-corrected chi connectivity index (χ0v) is 17.7. The molecule has 0 aromatic rings. The highest BCUT2D eigenvalue weighted by atomic mass is 16.7. The number of hydrogen-bond acceptors (Lipinski definition) is 9. The van der Waals surface area contributed by atoms with Crippen LogP contribution in [0.5, 0.6) is 0 Å². The summed E-state index contributed by atoms with van der Waals surface area (Å²) in [5.41, 5.74) is -3.99. The van der Waals surface area contributed by atoms with E-state index in [2.05, 4.69) is 0 Å². The second kappa shape index (κ2) is 7.97. The van der Waals surface area contributed by atoms with Crippen LogP contribution in [0.4, 0.5) is 0 Å². The van der Waals surface area contributed by atoms with Crippen LogP contribution in [0.15, 0.2) is 11.6 Å². The quantitative estimate of drug-likeness (QED) is 0.311. The first kappa shape index (κ1) is 24.4. The van der Waals surface area contributed by atoms with E-state index in [4.69, 9.17) is 9.47 Å². The van der Waals surface area contributed by atoms with Crippen molar-refractivity contribution in [1.82, 2.24) is 0 Å². The lowest BCUT2D eigenvalue weighted by Gasteiger charge is -2.56. The molecule has 9 heteroatoms. The average molecular weight is 418 g/mol. The molecule has 1 heterocycles. The molecule has 0 amide bonds. The fourth-order valence-corrected chi connectivity index (χ4v) is 4.57. The average Bonchev–Trinajstić information content (AvgIpc) is 2.62. The Balaban J connectivity index is 2.51. The zero-order chi connectivity index (χ0) is 22.5. The van der Waals surface area contributed by atoms with Crippen molar-refractivity contribution in [3.05, 3.63) is 11.6 Å². The van der Waals surface area contributed by atoms with Crippen LogP contribution in [0, 0.1) is 10.8 Å². The summed E-state index contributed by atoms with van der Waals surface area (Å²) in [5, 5.41) is 62.0. The number of ketones is 1. The molecule has 0 unspecified atom stereocenters. The minimum Gasteiger partial charge on any atom is -0.394 e. The van der Waals surface area contributed by atoms with Gasteiger partial charge in [-0.1, -0.05) is 33.3 Å². The van der Waals surface area contributed by atoms with E-state index in [-0.39, 0.29) is 0 Å². The maximum atomic E-state index is 13.2. The van der Waals surface area contributed by atoms with Gasteiger partial charge >= 0.3 is 0 Å². The summed E-state index contributed by atoms with van der Waals surface area (Å²) in [6, 6.07) is 0. The van der Waals surface area contributed by atoms with Gasteiger partial charge in [0.2, 0.25) is 0 Å². The molecule has 0 spiro atoms. The molecule has 1 saturated heterocycles. The standard InChI is InChI=1S/C20H34O9/c1-9(2)7-20(27)16(26)18(3,4)15(25)19(5,6)17(20)29-14-13(24)12(23)11(22)10(8-21)28-14/h7,10-15,17,21-25,27H,8H2,1-6H3/t10-,11-,12+,13-,14+,15-,17+,20-/m1/s1. The lowest BCUT2D eigenvalue weighted by Crippen LogP contribution is -2.72. The number of carbonyl (C=O) groups is 1. The van der Waals surface area contributed by atoms with Gasteiger partial charge in [0.25, 0.3) is 0 Å². The number of Topliss-reactive ketones (excluding diaryl/α,β-unsaturated/α-hetero) is 1. The van der Waals surface area contributed by atoms with Crippen molar-refractivity contribution in [2.75, 3.05) is 6.61 Å². The van der Waals surface area contributed by atoms with Gasteiger partial charge in [0.05, 0.1) is 18.1 Å². The highest BCUT2D eigenvalue weighted by Gasteiger charge is 2.66. The Morgan fingerprint density at radius 1 is 1.07 bits per heavy atom. The van der Waals surface area contributed by atoms with E-state index in [0.29, 0.717) is 5.57 Å². The summed E-state index contributed by atoms with van der Waals surface area (Å²) in [6.07, 6.45) is -8.94. The predicted molar refractivity (Wildman–Crippen MR) is 102 cm³/mol. The third-order valence-electron chi connectivity index (χ3n) is 6.04. The third kappa shape index (κ3) is 3.90. The molecule has 2 rings (SSSR count). The number of aliphatic hydroxyl groups is 6. The van der Waals surface area contributed by atoms with Gasteiger partial charge in [-0.15, -0.1) is 0 Å². The predicted octanol–water partition coefficient (Wildman–Crippen LogP) is -1.14. The zero-order valence-electron chi connectivity index (χ0n) is 17.7. The van der Waals surface area contributed by atoms with E-state index in [1.165, 1.54) is 19.9 Å². The molecule has 2 fully saturated rings. The minimum absolute atomic E-state index is 0.631. The highest BCUT2D eigenvalue weighted by molar-refractivity contribution is 5.96. The number of allylic oxidation sites excluding steroid dienone is 1. The molecule has 0 aromatic heterocycles. The normalized spacial score (nSPS) is 44.4. The van der Waals surface area contributed by atoms with E-state index < -0.39 is 71.7 Å². The molecule has 168 valence electrons. The van der Waals surface area contributed by atoms with E-state index in [1.807, 2.05) is 0 Å². The lowest BCUT2D eigenvalue weighted by molar-refractivity contribution is -0.338. The summed E-state index contributed by atoms with van der Waals surface area (Å²) >= 11 is 0. The molecular weight excluding hydrogens is 384 g/mol. The van der Waals surface area contributed by atoms with Gasteiger partial charge in [0, 0.05) is 5.41 Å². The Morgan fingerprint density at radius 2 is 1.62 bits per heavy atom. The van der Waals surface area contributed by atoms with Crippen LogP contribution in [0.25, 0.3) is 0 Å². The summed E-state index contributed by atoms with van der Waals surface area (Å²) in [4.78, 5) is 13.2. The molecule has 0 aromatic carbocycles. The van der Waals surface area contributed by atoms with Gasteiger partial charge in [0.15, 0.2) is 17.7 Å². The Kier molecular flexibility index (Phi) is 6.70. The summed E-state index contributed by atoms with van der Waals surface area (Å²) < 4.78 is 11.2. The SMILES string of the molecule is CC(C)=C[C@@]1(O)C(=O)C(C)(C)[C@@H](O)C(C)(C)[C@@H]1O[C@@H]1O[C@H](CO)[C@@H](O)[C@H](O)[C@H]1O. The van der Waals surface area contributed by atoms with E-state index >= 15 is 0 Å². The monoisotopic (exact) mass is 418 g/mol. The van der Waals surface area contributed by atoms with Crippen molar-refractivity contribution >= 4 is 5.78 Å². The van der Waals surface area contributed by atoms with Crippen molar-refractivity contribution in [2.24, 2.45) is 10.8 Å². The van der Waals surface area contributed by atoms with Crippen molar-refractivity contribution in [2.45, 2.75) is 90.1 Å². The van der Waals surface area contributed by atoms with Gasteiger partial charge in [-0.25, -0.2) is 0 Å². The largest absolute Gasteiger partial charge is 0.394 e.